The maximum Gasteiger partial charge on any atom is 0.441 e. The molecule has 0 unspecified atom stereocenters. The first-order valence-electron chi connectivity index (χ1n) is 10.5. The number of aromatic nitrogens is 2. The van der Waals surface area contributed by atoms with E-state index in [0.29, 0.717) is 31.8 Å². The molecule has 1 aliphatic heterocycles. The highest BCUT2D eigenvalue weighted by Gasteiger charge is 2.56. The number of allylic oxidation sites excluding steroid dienone is 2. The minimum absolute atomic E-state index is 0.292. The van der Waals surface area contributed by atoms with Gasteiger partial charge in [0, 0.05) is 12.0 Å². The molecule has 0 aliphatic carbocycles. The van der Waals surface area contributed by atoms with Gasteiger partial charge in [0.1, 0.15) is 5.54 Å². The van der Waals surface area contributed by atoms with Crippen molar-refractivity contribution in [3.63, 3.8) is 0 Å². The Balaban J connectivity index is 1.69. The molecule has 168 valence electrons. The van der Waals surface area contributed by atoms with Gasteiger partial charge in [0.05, 0.1) is 6.61 Å². The van der Waals surface area contributed by atoms with Gasteiger partial charge in [-0.05, 0) is 32.3 Å². The van der Waals surface area contributed by atoms with Crippen LogP contribution in [0.15, 0.2) is 51.8 Å². The van der Waals surface area contributed by atoms with Gasteiger partial charge in [0.25, 0.3) is 0 Å². The second-order valence-electron chi connectivity index (χ2n) is 9.10. The fraction of sp³-hybridized carbons (Fsp3) is 0.522. The number of ether oxygens (including phenoxy) is 1. The second kappa shape index (κ2) is 9.20. The Bertz CT molecular complexity index is 973. The van der Waals surface area contributed by atoms with Crippen LogP contribution < -0.4 is 5.76 Å². The summed E-state index contributed by atoms with van der Waals surface area (Å²) in [6.07, 6.45) is 4.45. The maximum absolute atomic E-state index is 12.9. The van der Waals surface area contributed by atoms with Gasteiger partial charge in [0.2, 0.25) is 0 Å². The van der Waals surface area contributed by atoms with Crippen LogP contribution in [-0.2, 0) is 27.5 Å². The second-order valence-corrected chi connectivity index (χ2v) is 9.10. The molecule has 1 aliphatic rings. The first-order valence-corrected chi connectivity index (χ1v) is 10.5. The molecule has 0 bridgehead atoms. The average molecular weight is 430 g/mol. The highest BCUT2D eigenvalue weighted by molar-refractivity contribution is 5.82. The molecule has 8 heteroatoms. The Labute approximate surface area is 182 Å². The van der Waals surface area contributed by atoms with Crippen LogP contribution in [0.3, 0.4) is 0 Å². The normalized spacial score (nSPS) is 22.4. The monoisotopic (exact) mass is 429 g/mol. The number of cyclic esters (lactones) is 1. The zero-order chi connectivity index (χ0) is 22.6. The van der Waals surface area contributed by atoms with Crippen LogP contribution in [0.25, 0.3) is 0 Å². The average Bonchev–Trinajstić information content (AvgIpc) is 3.17. The van der Waals surface area contributed by atoms with E-state index >= 15 is 0 Å². The third kappa shape index (κ3) is 5.14. The minimum atomic E-state index is -0.916. The van der Waals surface area contributed by atoms with Crippen LogP contribution in [0.4, 0.5) is 0 Å². The molecule has 31 heavy (non-hydrogen) atoms. The quantitative estimate of drug-likeness (QED) is 0.468. The van der Waals surface area contributed by atoms with Gasteiger partial charge in [-0.1, -0.05) is 68.4 Å². The van der Waals surface area contributed by atoms with Crippen LogP contribution in [0.2, 0.25) is 0 Å². The van der Waals surface area contributed by atoms with Gasteiger partial charge in [0.15, 0.2) is 12.1 Å². The number of aryl methyl sites for hydroxylation is 1. The van der Waals surface area contributed by atoms with Crippen LogP contribution in [0, 0.1) is 12.3 Å². The topological polar surface area (TPSA) is 86.8 Å². The van der Waals surface area contributed by atoms with E-state index in [1.165, 1.54) is 4.57 Å². The Morgan fingerprint density at radius 3 is 2.52 bits per heavy atom. The van der Waals surface area contributed by atoms with Crippen molar-refractivity contribution in [3.05, 3.63) is 64.4 Å². The lowest BCUT2D eigenvalue weighted by molar-refractivity contribution is -0.270. The van der Waals surface area contributed by atoms with Gasteiger partial charge < -0.3 is 4.74 Å². The van der Waals surface area contributed by atoms with Crippen molar-refractivity contribution in [1.82, 2.24) is 14.8 Å². The van der Waals surface area contributed by atoms with Gasteiger partial charge >= 0.3 is 11.7 Å². The van der Waals surface area contributed by atoms with E-state index in [2.05, 4.69) is 9.68 Å². The maximum atomic E-state index is 12.9. The van der Waals surface area contributed by atoms with Crippen LogP contribution in [-0.4, -0.2) is 32.5 Å². The molecule has 1 aromatic heterocycles. The SMILES string of the molecule is Cc1noc(=O)n1CC=CCC[C@@]1(C)C(=O)O[C@H](C(C)(C)C)N1OCc1ccccc1. The predicted octanol–water partition coefficient (Wildman–Crippen LogP) is 3.60. The summed E-state index contributed by atoms with van der Waals surface area (Å²) in [5.74, 6) is -0.253. The Kier molecular flexibility index (Phi) is 6.81. The fourth-order valence-corrected chi connectivity index (χ4v) is 3.50. The molecular weight excluding hydrogens is 398 g/mol. The van der Waals surface area contributed by atoms with Crippen LogP contribution in [0.5, 0.6) is 0 Å². The highest BCUT2D eigenvalue weighted by Crippen LogP contribution is 2.40. The molecular formula is C23H31N3O5. The molecule has 8 nitrogen and oxygen atoms in total. The lowest BCUT2D eigenvalue weighted by atomic mass is 9.91. The number of hydrogen-bond donors (Lipinski definition) is 0. The third-order valence-corrected chi connectivity index (χ3v) is 5.43. The molecule has 0 radical (unpaired) electrons. The van der Waals surface area contributed by atoms with Gasteiger partial charge in [-0.3, -0.25) is 13.9 Å². The number of carbonyl (C=O) groups is 1. The van der Waals surface area contributed by atoms with Crippen molar-refractivity contribution in [1.29, 1.82) is 0 Å². The Hall–Kier alpha value is -2.71. The molecule has 3 rings (SSSR count). The zero-order valence-electron chi connectivity index (χ0n) is 18.8. The zero-order valence-corrected chi connectivity index (χ0v) is 18.8. The highest BCUT2D eigenvalue weighted by atomic mass is 16.7. The van der Waals surface area contributed by atoms with Crippen molar-refractivity contribution in [2.75, 3.05) is 0 Å². The largest absolute Gasteiger partial charge is 0.442 e. The number of benzene rings is 1. The molecule has 0 saturated carbocycles. The molecule has 1 aromatic carbocycles. The van der Waals surface area contributed by atoms with Crippen LogP contribution >= 0.6 is 0 Å². The lowest BCUT2D eigenvalue weighted by Gasteiger charge is -2.37. The molecule has 2 heterocycles. The number of carbonyl (C=O) groups excluding carboxylic acids is 1. The standard InChI is InChI=1S/C23H31N3O5/c1-17-24-31-21(28)25(17)15-11-7-10-14-23(5)20(27)30-19(22(2,3)4)26(23)29-16-18-12-8-6-9-13-18/h6-9,11-13,19H,10,14-16H2,1-5H3/t19-,23+/m1/s1. The van der Waals surface area contributed by atoms with Crippen molar-refractivity contribution in [2.24, 2.45) is 5.41 Å². The lowest BCUT2D eigenvalue weighted by Crippen LogP contribution is -2.51. The van der Waals surface area contributed by atoms with Crippen molar-refractivity contribution >= 4 is 5.97 Å². The van der Waals surface area contributed by atoms with E-state index < -0.39 is 17.5 Å². The van der Waals surface area contributed by atoms with E-state index in [1.807, 2.05) is 70.2 Å². The summed E-state index contributed by atoms with van der Waals surface area (Å²) in [7, 11) is 0. The summed E-state index contributed by atoms with van der Waals surface area (Å²) in [6.45, 7) is 10.4. The van der Waals surface area contributed by atoms with E-state index in [1.54, 1.807) is 12.0 Å². The molecule has 2 atom stereocenters. The van der Waals surface area contributed by atoms with Crippen LogP contribution in [0.1, 0.15) is 51.9 Å². The summed E-state index contributed by atoms with van der Waals surface area (Å²) in [5.41, 5.74) is -0.209. The number of esters is 1. The van der Waals surface area contributed by atoms with E-state index in [-0.39, 0.29) is 11.4 Å². The first-order chi connectivity index (χ1) is 14.6. The molecule has 0 amide bonds. The number of rotatable bonds is 8. The summed E-state index contributed by atoms with van der Waals surface area (Å²) in [5, 5.41) is 5.37. The number of nitrogens with zero attached hydrogens (tertiary/aromatic N) is 3. The Morgan fingerprint density at radius 1 is 1.19 bits per heavy atom. The minimum Gasteiger partial charge on any atom is -0.442 e. The number of hydrogen-bond acceptors (Lipinski definition) is 7. The van der Waals surface area contributed by atoms with Gasteiger partial charge in [-0.25, -0.2) is 9.59 Å². The van der Waals surface area contributed by atoms with E-state index in [0.717, 1.165) is 5.56 Å². The van der Waals surface area contributed by atoms with Crippen molar-refractivity contribution < 1.29 is 18.9 Å². The summed E-state index contributed by atoms with van der Waals surface area (Å²) < 4.78 is 11.8. The van der Waals surface area contributed by atoms with Crippen molar-refractivity contribution in [2.45, 2.75) is 72.4 Å². The third-order valence-electron chi connectivity index (χ3n) is 5.43. The predicted molar refractivity (Wildman–Crippen MR) is 115 cm³/mol. The smallest absolute Gasteiger partial charge is 0.441 e. The van der Waals surface area contributed by atoms with E-state index in [4.69, 9.17) is 9.57 Å². The van der Waals surface area contributed by atoms with Gasteiger partial charge in [-0.2, -0.15) is 0 Å². The summed E-state index contributed by atoms with van der Waals surface area (Å²) >= 11 is 0. The summed E-state index contributed by atoms with van der Waals surface area (Å²) in [4.78, 5) is 30.6. The molecule has 1 fully saturated rings. The molecule has 0 N–H and O–H groups in total. The number of hydroxylamine groups is 2. The first kappa shape index (κ1) is 23.0. The summed E-state index contributed by atoms with van der Waals surface area (Å²) in [6, 6.07) is 9.84. The van der Waals surface area contributed by atoms with Gasteiger partial charge in [-0.15, -0.1) is 5.06 Å². The fourth-order valence-electron chi connectivity index (χ4n) is 3.50. The van der Waals surface area contributed by atoms with E-state index in [9.17, 15) is 9.59 Å². The Morgan fingerprint density at radius 2 is 1.90 bits per heavy atom. The van der Waals surface area contributed by atoms with Crippen molar-refractivity contribution in [3.8, 4) is 0 Å². The molecule has 0 spiro atoms. The molecule has 1 saturated heterocycles. The molecule has 2 aromatic rings.